The fraction of sp³-hybridized carbons (Fsp3) is 0. The Morgan fingerprint density at radius 2 is 1.76 bits per heavy atom. The van der Waals surface area contributed by atoms with Crippen molar-refractivity contribution in [3.8, 4) is 5.75 Å². The largest absolute Gasteiger partial charge is 0.508 e. The highest BCUT2D eigenvalue weighted by Gasteiger charge is 2.12. The van der Waals surface area contributed by atoms with Crippen molar-refractivity contribution in [3.05, 3.63) is 60.2 Å². The molecule has 0 spiro atoms. The van der Waals surface area contributed by atoms with Gasteiger partial charge in [0.15, 0.2) is 0 Å². The van der Waals surface area contributed by atoms with E-state index < -0.39 is 11.8 Å². The van der Waals surface area contributed by atoms with Crippen LogP contribution in [0.1, 0.15) is 5.56 Å². The molecule has 0 aliphatic rings. The van der Waals surface area contributed by atoms with Gasteiger partial charge in [0.1, 0.15) is 5.75 Å². The van der Waals surface area contributed by atoms with Crippen molar-refractivity contribution in [3.63, 3.8) is 0 Å². The number of hydrazone groups is 1. The van der Waals surface area contributed by atoms with Crippen molar-refractivity contribution in [2.24, 2.45) is 5.10 Å². The van der Waals surface area contributed by atoms with Crippen LogP contribution in [0.3, 0.4) is 0 Å². The average molecular weight is 283 g/mol. The highest BCUT2D eigenvalue weighted by molar-refractivity contribution is 6.39. The summed E-state index contributed by atoms with van der Waals surface area (Å²) in [5.41, 5.74) is 3.23. The van der Waals surface area contributed by atoms with Gasteiger partial charge in [0.25, 0.3) is 0 Å². The predicted molar refractivity (Wildman–Crippen MR) is 78.9 cm³/mol. The molecule has 6 heteroatoms. The van der Waals surface area contributed by atoms with Crippen LogP contribution in [-0.2, 0) is 9.59 Å². The van der Waals surface area contributed by atoms with Gasteiger partial charge in [-0.3, -0.25) is 9.59 Å². The molecule has 0 heterocycles. The minimum Gasteiger partial charge on any atom is -0.508 e. The second-order valence-corrected chi connectivity index (χ2v) is 4.11. The van der Waals surface area contributed by atoms with Crippen molar-refractivity contribution in [1.82, 2.24) is 5.43 Å². The van der Waals surface area contributed by atoms with Gasteiger partial charge in [0, 0.05) is 5.69 Å². The normalized spacial score (nSPS) is 10.3. The Balaban J connectivity index is 1.88. The first-order valence-corrected chi connectivity index (χ1v) is 6.13. The van der Waals surface area contributed by atoms with E-state index >= 15 is 0 Å². The smallest absolute Gasteiger partial charge is 0.329 e. The number of carbonyl (C=O) groups excluding carboxylic acids is 2. The highest BCUT2D eigenvalue weighted by Crippen LogP contribution is 2.08. The molecule has 0 radical (unpaired) electrons. The molecular formula is C15H13N3O3. The van der Waals surface area contributed by atoms with Crippen LogP contribution in [0.25, 0.3) is 0 Å². The number of para-hydroxylation sites is 1. The zero-order valence-corrected chi connectivity index (χ0v) is 11.0. The molecule has 2 amide bonds. The zero-order valence-electron chi connectivity index (χ0n) is 11.0. The third kappa shape index (κ3) is 4.46. The quantitative estimate of drug-likeness (QED) is 0.452. The second-order valence-electron chi connectivity index (χ2n) is 4.11. The number of rotatable bonds is 3. The summed E-state index contributed by atoms with van der Waals surface area (Å²) in [6, 6.07) is 14.9. The molecule has 3 N–H and O–H groups in total. The maximum atomic E-state index is 11.6. The van der Waals surface area contributed by atoms with E-state index in [-0.39, 0.29) is 5.75 Å². The minimum atomic E-state index is -0.879. The fourth-order valence-corrected chi connectivity index (χ4v) is 1.53. The van der Waals surface area contributed by atoms with Crippen LogP contribution in [0.2, 0.25) is 0 Å². The first kappa shape index (κ1) is 14.3. The number of hydrogen-bond acceptors (Lipinski definition) is 4. The number of phenolic OH excluding ortho intramolecular Hbond substituents is 1. The summed E-state index contributed by atoms with van der Waals surface area (Å²) in [7, 11) is 0. The number of phenols is 1. The second kappa shape index (κ2) is 6.85. The third-order valence-electron chi connectivity index (χ3n) is 2.49. The lowest BCUT2D eigenvalue weighted by molar-refractivity contribution is -0.136. The predicted octanol–water partition coefficient (Wildman–Crippen LogP) is 1.48. The van der Waals surface area contributed by atoms with Crippen molar-refractivity contribution in [2.75, 3.05) is 5.32 Å². The van der Waals surface area contributed by atoms with E-state index in [1.54, 1.807) is 42.5 Å². The molecule has 21 heavy (non-hydrogen) atoms. The van der Waals surface area contributed by atoms with Crippen LogP contribution >= 0.6 is 0 Å². The van der Waals surface area contributed by atoms with E-state index in [1.807, 2.05) is 0 Å². The number of carbonyl (C=O) groups is 2. The summed E-state index contributed by atoms with van der Waals surface area (Å²) in [4.78, 5) is 23.1. The van der Waals surface area contributed by atoms with Gasteiger partial charge < -0.3 is 10.4 Å². The van der Waals surface area contributed by atoms with E-state index in [0.717, 1.165) is 0 Å². The van der Waals surface area contributed by atoms with E-state index in [0.29, 0.717) is 11.3 Å². The van der Waals surface area contributed by atoms with Gasteiger partial charge >= 0.3 is 11.8 Å². The number of hydrogen-bond donors (Lipinski definition) is 3. The van der Waals surface area contributed by atoms with Crippen LogP contribution in [0.5, 0.6) is 5.75 Å². The number of aromatic hydroxyl groups is 1. The lowest BCUT2D eigenvalue weighted by Crippen LogP contribution is -2.32. The summed E-state index contributed by atoms with van der Waals surface area (Å²) >= 11 is 0. The summed E-state index contributed by atoms with van der Waals surface area (Å²) in [5.74, 6) is -1.60. The molecule has 0 fully saturated rings. The number of benzene rings is 2. The third-order valence-corrected chi connectivity index (χ3v) is 2.49. The topological polar surface area (TPSA) is 90.8 Å². The Bertz CT molecular complexity index is 669. The van der Waals surface area contributed by atoms with Crippen LogP contribution in [-0.4, -0.2) is 23.1 Å². The molecule has 0 atom stereocenters. The van der Waals surface area contributed by atoms with Gasteiger partial charge in [-0.05, 0) is 29.8 Å². The van der Waals surface area contributed by atoms with E-state index in [9.17, 15) is 14.7 Å². The van der Waals surface area contributed by atoms with E-state index in [2.05, 4.69) is 15.8 Å². The van der Waals surface area contributed by atoms with Gasteiger partial charge in [0.05, 0.1) is 6.21 Å². The van der Waals surface area contributed by atoms with Crippen LogP contribution in [0, 0.1) is 0 Å². The Hall–Kier alpha value is -3.15. The van der Waals surface area contributed by atoms with Crippen LogP contribution in [0.15, 0.2) is 59.7 Å². The van der Waals surface area contributed by atoms with Gasteiger partial charge in [-0.1, -0.05) is 30.3 Å². The lowest BCUT2D eigenvalue weighted by atomic mass is 10.2. The van der Waals surface area contributed by atoms with Crippen molar-refractivity contribution in [1.29, 1.82) is 0 Å². The number of nitrogens with zero attached hydrogens (tertiary/aromatic N) is 1. The van der Waals surface area contributed by atoms with Crippen molar-refractivity contribution < 1.29 is 14.7 Å². The Morgan fingerprint density at radius 1 is 1.00 bits per heavy atom. The Labute approximate surface area is 121 Å². The first-order chi connectivity index (χ1) is 10.1. The highest BCUT2D eigenvalue weighted by atomic mass is 16.3. The Kier molecular flexibility index (Phi) is 4.66. The van der Waals surface area contributed by atoms with Crippen LogP contribution in [0.4, 0.5) is 5.69 Å². The molecule has 0 aromatic heterocycles. The molecule has 0 aliphatic carbocycles. The summed E-state index contributed by atoms with van der Waals surface area (Å²) < 4.78 is 0. The van der Waals surface area contributed by atoms with Gasteiger partial charge in [-0.2, -0.15) is 5.10 Å². The summed E-state index contributed by atoms with van der Waals surface area (Å²) in [5, 5.41) is 15.3. The fourth-order valence-electron chi connectivity index (χ4n) is 1.53. The first-order valence-electron chi connectivity index (χ1n) is 6.13. The molecule has 2 aromatic rings. The number of nitrogens with one attached hydrogen (secondary N) is 2. The maximum absolute atomic E-state index is 11.6. The molecule has 0 saturated heterocycles. The molecule has 0 saturated carbocycles. The zero-order chi connectivity index (χ0) is 15.1. The monoisotopic (exact) mass is 283 g/mol. The number of amides is 2. The molecule has 106 valence electrons. The average Bonchev–Trinajstić information content (AvgIpc) is 2.48. The van der Waals surface area contributed by atoms with Gasteiger partial charge in [0.2, 0.25) is 0 Å². The SMILES string of the molecule is O=C(N/N=C/c1cccc(O)c1)C(=O)Nc1ccccc1. The van der Waals surface area contributed by atoms with Crippen molar-refractivity contribution >= 4 is 23.7 Å². The molecule has 2 aromatic carbocycles. The molecule has 2 rings (SSSR count). The molecule has 0 aliphatic heterocycles. The maximum Gasteiger partial charge on any atom is 0.329 e. The Morgan fingerprint density at radius 3 is 2.48 bits per heavy atom. The molecule has 0 bridgehead atoms. The lowest BCUT2D eigenvalue weighted by Gasteiger charge is -2.03. The minimum absolute atomic E-state index is 0.0899. The molecule has 0 unspecified atom stereocenters. The number of anilines is 1. The van der Waals surface area contributed by atoms with Crippen molar-refractivity contribution in [2.45, 2.75) is 0 Å². The standard InChI is InChI=1S/C15H13N3O3/c19-13-8-4-5-11(9-13)10-16-18-15(21)14(20)17-12-6-2-1-3-7-12/h1-10,19H,(H,17,20)(H,18,21)/b16-10+. The van der Waals surface area contributed by atoms with E-state index in [1.165, 1.54) is 18.3 Å². The molecular weight excluding hydrogens is 270 g/mol. The molecule has 6 nitrogen and oxygen atoms in total. The summed E-state index contributed by atoms with van der Waals surface area (Å²) in [6.07, 6.45) is 1.33. The van der Waals surface area contributed by atoms with Gasteiger partial charge in [-0.25, -0.2) is 5.43 Å². The van der Waals surface area contributed by atoms with E-state index in [4.69, 9.17) is 0 Å². The van der Waals surface area contributed by atoms with Gasteiger partial charge in [-0.15, -0.1) is 0 Å². The van der Waals surface area contributed by atoms with Crippen LogP contribution < -0.4 is 10.7 Å². The summed E-state index contributed by atoms with van der Waals surface area (Å²) in [6.45, 7) is 0.